The topological polar surface area (TPSA) is 110 Å². The molecule has 1 aromatic carbocycles. The van der Waals surface area contributed by atoms with Crippen molar-refractivity contribution in [2.75, 3.05) is 23.9 Å². The molecule has 0 aliphatic carbocycles. The highest BCUT2D eigenvalue weighted by Gasteiger charge is 2.15. The van der Waals surface area contributed by atoms with Crippen molar-refractivity contribution >= 4 is 28.1 Å². The summed E-state index contributed by atoms with van der Waals surface area (Å²) in [7, 11) is -0.893. The van der Waals surface area contributed by atoms with E-state index in [1.165, 1.54) is 12.1 Å². The fourth-order valence-corrected chi connectivity index (χ4v) is 2.03. The number of aromatic carboxylic acids is 1. The van der Waals surface area contributed by atoms with Crippen LogP contribution in [0.1, 0.15) is 16.8 Å². The molecule has 1 rings (SSSR count). The van der Waals surface area contributed by atoms with Crippen LogP contribution in [-0.4, -0.2) is 38.8 Å². The maximum absolute atomic E-state index is 11.0. The second-order valence-electron chi connectivity index (χ2n) is 3.85. The lowest BCUT2D eigenvalue weighted by atomic mass is 10.1. The molecule has 0 aliphatic heterocycles. The lowest BCUT2D eigenvalue weighted by molar-refractivity contribution is -0.384. The number of carboxylic acids is 1. The van der Waals surface area contributed by atoms with Crippen molar-refractivity contribution in [1.29, 1.82) is 0 Å². The zero-order valence-electron chi connectivity index (χ0n) is 10.3. The predicted octanol–water partition coefficient (Wildman–Crippen LogP) is 1.47. The van der Waals surface area contributed by atoms with Gasteiger partial charge in [0.25, 0.3) is 5.69 Å². The third-order valence-electron chi connectivity index (χ3n) is 2.37. The van der Waals surface area contributed by atoms with Gasteiger partial charge in [-0.3, -0.25) is 14.3 Å². The van der Waals surface area contributed by atoms with Crippen LogP contribution in [0.15, 0.2) is 18.2 Å². The van der Waals surface area contributed by atoms with Gasteiger partial charge in [-0.25, -0.2) is 4.79 Å². The van der Waals surface area contributed by atoms with Crippen LogP contribution in [-0.2, 0) is 10.8 Å². The minimum atomic E-state index is -1.23. The molecular weight excluding hydrogens is 272 g/mol. The van der Waals surface area contributed by atoms with E-state index < -0.39 is 21.7 Å². The first kappa shape index (κ1) is 15.1. The summed E-state index contributed by atoms with van der Waals surface area (Å²) in [6.45, 7) is 0.456. The van der Waals surface area contributed by atoms with E-state index in [2.05, 4.69) is 5.32 Å². The number of anilines is 1. The Bertz CT molecular complexity index is 518. The average molecular weight is 286 g/mol. The number of benzene rings is 1. The van der Waals surface area contributed by atoms with Crippen LogP contribution in [0.3, 0.4) is 0 Å². The molecule has 0 aromatic heterocycles. The van der Waals surface area contributed by atoms with Gasteiger partial charge in [-0.05, 0) is 12.5 Å². The Labute approximate surface area is 112 Å². The molecule has 104 valence electrons. The molecule has 0 heterocycles. The maximum Gasteiger partial charge on any atom is 0.338 e. The van der Waals surface area contributed by atoms with Crippen molar-refractivity contribution in [2.24, 2.45) is 0 Å². The summed E-state index contributed by atoms with van der Waals surface area (Å²) in [5.41, 5.74) is -0.0931. The molecule has 0 bridgehead atoms. The minimum absolute atomic E-state index is 0.146. The summed E-state index contributed by atoms with van der Waals surface area (Å²) in [5, 5.41) is 22.5. The van der Waals surface area contributed by atoms with Crippen LogP contribution < -0.4 is 5.32 Å². The highest BCUT2D eigenvalue weighted by atomic mass is 32.2. The molecule has 7 nitrogen and oxygen atoms in total. The summed E-state index contributed by atoms with van der Waals surface area (Å²) in [6, 6.07) is 3.62. The number of rotatable bonds is 7. The van der Waals surface area contributed by atoms with Gasteiger partial charge in [0.05, 0.1) is 10.5 Å². The first-order valence-corrected chi connectivity index (χ1v) is 7.20. The second-order valence-corrected chi connectivity index (χ2v) is 5.40. The molecular formula is C11H14N2O5S. The fourth-order valence-electron chi connectivity index (χ4n) is 1.48. The molecule has 1 atom stereocenters. The normalized spacial score (nSPS) is 11.8. The molecule has 0 saturated heterocycles. The molecule has 8 heteroatoms. The number of nitrogens with zero attached hydrogens (tertiary/aromatic N) is 1. The Morgan fingerprint density at radius 1 is 1.53 bits per heavy atom. The third kappa shape index (κ3) is 4.66. The van der Waals surface area contributed by atoms with Gasteiger partial charge in [-0.15, -0.1) is 0 Å². The Hall–Kier alpha value is -1.96. The number of nitrogens with one attached hydrogen (secondary N) is 1. The van der Waals surface area contributed by atoms with Gasteiger partial charge in [0.15, 0.2) is 0 Å². The van der Waals surface area contributed by atoms with Gasteiger partial charge in [0.2, 0.25) is 0 Å². The first-order chi connectivity index (χ1) is 8.91. The van der Waals surface area contributed by atoms with E-state index in [4.69, 9.17) is 5.11 Å². The van der Waals surface area contributed by atoms with Gasteiger partial charge in [0.1, 0.15) is 0 Å². The van der Waals surface area contributed by atoms with Crippen molar-refractivity contribution in [1.82, 2.24) is 0 Å². The average Bonchev–Trinajstić information content (AvgIpc) is 2.34. The van der Waals surface area contributed by atoms with E-state index >= 15 is 0 Å². The SMILES string of the molecule is CS(=O)CCCNc1ccc([N+](=O)[O-])cc1C(=O)O. The Balaban J connectivity index is 2.79. The number of nitro groups is 1. The minimum Gasteiger partial charge on any atom is -0.478 e. The van der Waals surface area contributed by atoms with Crippen LogP contribution in [0.25, 0.3) is 0 Å². The van der Waals surface area contributed by atoms with Gasteiger partial charge >= 0.3 is 5.97 Å². The molecule has 19 heavy (non-hydrogen) atoms. The number of carboxylic acid groups (broad SMARTS) is 1. The third-order valence-corrected chi connectivity index (χ3v) is 3.23. The highest BCUT2D eigenvalue weighted by molar-refractivity contribution is 7.84. The molecule has 0 amide bonds. The fraction of sp³-hybridized carbons (Fsp3) is 0.364. The van der Waals surface area contributed by atoms with Crippen molar-refractivity contribution < 1.29 is 19.0 Å². The van der Waals surface area contributed by atoms with Crippen LogP contribution in [0.2, 0.25) is 0 Å². The van der Waals surface area contributed by atoms with E-state index in [9.17, 15) is 19.1 Å². The molecule has 0 spiro atoms. The summed E-state index contributed by atoms with van der Waals surface area (Å²) in [4.78, 5) is 21.0. The quantitative estimate of drug-likeness (QED) is 0.446. The zero-order valence-corrected chi connectivity index (χ0v) is 11.1. The Morgan fingerprint density at radius 2 is 2.21 bits per heavy atom. The predicted molar refractivity (Wildman–Crippen MR) is 72.1 cm³/mol. The maximum atomic E-state index is 11.0. The van der Waals surface area contributed by atoms with E-state index in [-0.39, 0.29) is 11.3 Å². The van der Waals surface area contributed by atoms with Crippen molar-refractivity contribution in [3.8, 4) is 0 Å². The number of carbonyl (C=O) groups is 1. The smallest absolute Gasteiger partial charge is 0.338 e. The van der Waals surface area contributed by atoms with E-state index in [1.807, 2.05) is 0 Å². The first-order valence-electron chi connectivity index (χ1n) is 5.47. The van der Waals surface area contributed by atoms with E-state index in [0.29, 0.717) is 24.4 Å². The van der Waals surface area contributed by atoms with Gasteiger partial charge in [0, 0.05) is 47.2 Å². The molecule has 0 aliphatic rings. The van der Waals surface area contributed by atoms with Crippen LogP contribution in [0.5, 0.6) is 0 Å². The number of hydrogen-bond acceptors (Lipinski definition) is 5. The molecule has 0 fully saturated rings. The Morgan fingerprint density at radius 3 is 2.74 bits per heavy atom. The number of nitro benzene ring substituents is 1. The standard InChI is InChI=1S/C11H14N2O5S/c1-19(18)6-2-5-12-10-4-3-8(13(16)17)7-9(10)11(14)15/h3-4,7,12H,2,5-6H2,1H3,(H,14,15). The van der Waals surface area contributed by atoms with Crippen molar-refractivity contribution in [2.45, 2.75) is 6.42 Å². The Kier molecular flexibility index (Phi) is 5.43. The summed E-state index contributed by atoms with van der Waals surface area (Å²) < 4.78 is 10.9. The lowest BCUT2D eigenvalue weighted by Crippen LogP contribution is -2.10. The molecule has 0 radical (unpaired) electrons. The van der Waals surface area contributed by atoms with Gasteiger partial charge < -0.3 is 10.4 Å². The van der Waals surface area contributed by atoms with Gasteiger partial charge in [-0.2, -0.15) is 0 Å². The monoisotopic (exact) mass is 286 g/mol. The summed E-state index contributed by atoms with van der Waals surface area (Å²) >= 11 is 0. The molecule has 2 N–H and O–H groups in total. The second kappa shape index (κ2) is 6.83. The highest BCUT2D eigenvalue weighted by Crippen LogP contribution is 2.22. The molecule has 1 unspecified atom stereocenters. The summed E-state index contributed by atoms with van der Waals surface area (Å²) in [5.74, 6) is -0.715. The van der Waals surface area contributed by atoms with Crippen LogP contribution >= 0.6 is 0 Å². The van der Waals surface area contributed by atoms with E-state index in [0.717, 1.165) is 6.07 Å². The van der Waals surface area contributed by atoms with Crippen LogP contribution in [0, 0.1) is 10.1 Å². The molecule has 0 saturated carbocycles. The number of non-ortho nitro benzene ring substituents is 1. The number of hydrogen-bond donors (Lipinski definition) is 2. The molecule has 1 aromatic rings. The van der Waals surface area contributed by atoms with E-state index in [1.54, 1.807) is 6.26 Å². The summed E-state index contributed by atoms with van der Waals surface area (Å²) in [6.07, 6.45) is 2.22. The van der Waals surface area contributed by atoms with Crippen molar-refractivity contribution in [3.63, 3.8) is 0 Å². The van der Waals surface area contributed by atoms with Crippen molar-refractivity contribution in [3.05, 3.63) is 33.9 Å². The van der Waals surface area contributed by atoms with Crippen LogP contribution in [0.4, 0.5) is 11.4 Å². The largest absolute Gasteiger partial charge is 0.478 e. The van der Waals surface area contributed by atoms with Gasteiger partial charge in [-0.1, -0.05) is 0 Å². The lowest BCUT2D eigenvalue weighted by Gasteiger charge is -2.08. The zero-order chi connectivity index (χ0) is 14.4.